The molecule has 1 amide bonds. The summed E-state index contributed by atoms with van der Waals surface area (Å²) in [6.07, 6.45) is 0.966. The zero-order chi connectivity index (χ0) is 17.8. The van der Waals surface area contributed by atoms with E-state index in [1.807, 2.05) is 6.92 Å². The van der Waals surface area contributed by atoms with Crippen LogP contribution in [0.15, 0.2) is 4.52 Å². The molecule has 1 unspecified atom stereocenters. The van der Waals surface area contributed by atoms with Gasteiger partial charge in [-0.25, -0.2) is 17.9 Å². The van der Waals surface area contributed by atoms with Gasteiger partial charge in [0.05, 0.1) is 12.8 Å². The Hall–Kier alpha value is -1.68. The number of hydrogen-bond donors (Lipinski definition) is 1. The Morgan fingerprint density at radius 1 is 1.43 bits per heavy atom. The fourth-order valence-corrected chi connectivity index (χ4v) is 1.94. The zero-order valence-electron chi connectivity index (χ0n) is 14.3. The highest BCUT2D eigenvalue weighted by molar-refractivity contribution is 7.88. The molecule has 132 valence electrons. The molecule has 10 heteroatoms. The maximum absolute atomic E-state index is 12.0. The molecule has 0 saturated heterocycles. The van der Waals surface area contributed by atoms with Crippen molar-refractivity contribution in [2.75, 3.05) is 13.3 Å². The minimum absolute atomic E-state index is 0.0673. The molecule has 0 spiro atoms. The summed E-state index contributed by atoms with van der Waals surface area (Å²) in [6.45, 7) is 7.15. The molecule has 1 N–H and O–H groups in total. The first kappa shape index (κ1) is 19.4. The molecule has 0 aromatic carbocycles. The van der Waals surface area contributed by atoms with E-state index in [1.165, 1.54) is 4.90 Å². The molecule has 9 nitrogen and oxygen atoms in total. The highest BCUT2D eigenvalue weighted by Crippen LogP contribution is 2.12. The summed E-state index contributed by atoms with van der Waals surface area (Å²) < 4.78 is 34.5. The van der Waals surface area contributed by atoms with Crippen LogP contribution >= 0.6 is 0 Å². The van der Waals surface area contributed by atoms with Crippen LogP contribution in [0.4, 0.5) is 4.79 Å². The maximum atomic E-state index is 12.0. The van der Waals surface area contributed by atoms with Gasteiger partial charge in [-0.15, -0.1) is 0 Å². The summed E-state index contributed by atoms with van der Waals surface area (Å²) >= 11 is 0. The molecule has 0 aliphatic heterocycles. The maximum Gasteiger partial charge on any atom is 0.410 e. The standard InChI is InChI=1S/C13H24N4O5S/c1-9(17(5)12(18)21-13(2,3)4)7-10-15-11(22-16-10)8-14-23(6,19)20/h9,14H,7-8H2,1-6H3. The van der Waals surface area contributed by atoms with Gasteiger partial charge >= 0.3 is 6.09 Å². The van der Waals surface area contributed by atoms with Crippen molar-refractivity contribution in [3.05, 3.63) is 11.7 Å². The Kier molecular flexibility index (Phi) is 6.11. The molecule has 1 atom stereocenters. The zero-order valence-corrected chi connectivity index (χ0v) is 15.1. The van der Waals surface area contributed by atoms with E-state index in [2.05, 4.69) is 14.9 Å². The third-order valence-corrected chi connectivity index (χ3v) is 3.49. The molecule has 1 rings (SSSR count). The van der Waals surface area contributed by atoms with Gasteiger partial charge in [0.2, 0.25) is 15.9 Å². The van der Waals surface area contributed by atoms with E-state index in [4.69, 9.17) is 9.26 Å². The quantitative estimate of drug-likeness (QED) is 0.812. The van der Waals surface area contributed by atoms with Crippen molar-refractivity contribution in [3.63, 3.8) is 0 Å². The Balaban J connectivity index is 2.59. The molecule has 0 radical (unpaired) electrons. The number of rotatable bonds is 6. The van der Waals surface area contributed by atoms with E-state index in [0.717, 1.165) is 6.26 Å². The predicted molar refractivity (Wildman–Crippen MR) is 83.1 cm³/mol. The van der Waals surface area contributed by atoms with E-state index in [0.29, 0.717) is 12.2 Å². The van der Waals surface area contributed by atoms with Gasteiger partial charge in [0, 0.05) is 19.5 Å². The van der Waals surface area contributed by atoms with Crippen LogP contribution in [0.25, 0.3) is 0 Å². The van der Waals surface area contributed by atoms with E-state index in [1.54, 1.807) is 27.8 Å². The summed E-state index contributed by atoms with van der Waals surface area (Å²) in [4.78, 5) is 17.5. The van der Waals surface area contributed by atoms with E-state index >= 15 is 0 Å². The molecule has 0 bridgehead atoms. The Bertz CT molecular complexity index is 635. The van der Waals surface area contributed by atoms with Crippen molar-refractivity contribution in [1.29, 1.82) is 0 Å². The van der Waals surface area contributed by atoms with Crippen LogP contribution in [0.2, 0.25) is 0 Å². The van der Waals surface area contributed by atoms with Crippen LogP contribution in [-0.2, 0) is 27.7 Å². The van der Waals surface area contributed by atoms with Gasteiger partial charge in [-0.1, -0.05) is 5.16 Å². The topological polar surface area (TPSA) is 115 Å². The number of carbonyl (C=O) groups excluding carboxylic acids is 1. The van der Waals surface area contributed by atoms with Crippen molar-refractivity contribution in [1.82, 2.24) is 19.8 Å². The molecule has 0 saturated carbocycles. The Morgan fingerprint density at radius 2 is 2.04 bits per heavy atom. The summed E-state index contributed by atoms with van der Waals surface area (Å²) in [6, 6.07) is -0.210. The van der Waals surface area contributed by atoms with Crippen molar-refractivity contribution in [3.8, 4) is 0 Å². The van der Waals surface area contributed by atoms with Crippen LogP contribution in [0.5, 0.6) is 0 Å². The van der Waals surface area contributed by atoms with Crippen molar-refractivity contribution < 1.29 is 22.5 Å². The molecule has 23 heavy (non-hydrogen) atoms. The van der Waals surface area contributed by atoms with Crippen molar-refractivity contribution in [2.24, 2.45) is 0 Å². The second-order valence-electron chi connectivity index (χ2n) is 6.34. The molecular formula is C13H24N4O5S. The average molecular weight is 348 g/mol. The lowest BCUT2D eigenvalue weighted by atomic mass is 10.2. The fourth-order valence-electron chi connectivity index (χ4n) is 1.55. The van der Waals surface area contributed by atoms with Gasteiger partial charge in [-0.3, -0.25) is 0 Å². The number of carbonyl (C=O) groups is 1. The summed E-state index contributed by atoms with van der Waals surface area (Å²) in [5.74, 6) is 0.552. The minimum Gasteiger partial charge on any atom is -0.444 e. The number of nitrogens with zero attached hydrogens (tertiary/aromatic N) is 3. The van der Waals surface area contributed by atoms with Crippen LogP contribution < -0.4 is 4.72 Å². The molecular weight excluding hydrogens is 324 g/mol. The van der Waals surface area contributed by atoms with Crippen LogP contribution in [-0.4, -0.2) is 54.5 Å². The Labute approximate surface area is 136 Å². The first-order valence-electron chi connectivity index (χ1n) is 7.09. The fraction of sp³-hybridized carbons (Fsp3) is 0.769. The lowest BCUT2D eigenvalue weighted by Gasteiger charge is -2.28. The van der Waals surface area contributed by atoms with E-state index in [-0.39, 0.29) is 18.5 Å². The second kappa shape index (κ2) is 7.26. The highest BCUT2D eigenvalue weighted by atomic mass is 32.2. The average Bonchev–Trinajstić information content (AvgIpc) is 2.80. The number of amides is 1. The highest BCUT2D eigenvalue weighted by Gasteiger charge is 2.24. The van der Waals surface area contributed by atoms with Crippen LogP contribution in [0.1, 0.15) is 39.4 Å². The van der Waals surface area contributed by atoms with Gasteiger partial charge in [-0.05, 0) is 27.7 Å². The van der Waals surface area contributed by atoms with Gasteiger partial charge in [0.1, 0.15) is 5.60 Å². The van der Waals surface area contributed by atoms with Gasteiger partial charge in [0.25, 0.3) is 0 Å². The first-order chi connectivity index (χ1) is 10.4. The number of nitrogens with one attached hydrogen (secondary N) is 1. The molecule has 0 aliphatic rings. The summed E-state index contributed by atoms with van der Waals surface area (Å²) in [7, 11) is -1.70. The second-order valence-corrected chi connectivity index (χ2v) is 8.18. The summed E-state index contributed by atoms with van der Waals surface area (Å²) in [5.41, 5.74) is -0.568. The molecule has 1 aromatic heterocycles. The summed E-state index contributed by atoms with van der Waals surface area (Å²) in [5, 5.41) is 3.77. The van der Waals surface area contributed by atoms with Crippen molar-refractivity contribution in [2.45, 2.75) is 52.3 Å². The largest absolute Gasteiger partial charge is 0.444 e. The van der Waals surface area contributed by atoms with Gasteiger partial charge in [-0.2, -0.15) is 4.98 Å². The number of aromatic nitrogens is 2. The Morgan fingerprint density at radius 3 is 2.57 bits per heavy atom. The number of ether oxygens (including phenoxy) is 1. The van der Waals surface area contributed by atoms with Crippen LogP contribution in [0.3, 0.4) is 0 Å². The number of sulfonamides is 1. The predicted octanol–water partition coefficient (Wildman–Crippen LogP) is 0.917. The molecule has 0 aliphatic carbocycles. The number of hydrogen-bond acceptors (Lipinski definition) is 7. The smallest absolute Gasteiger partial charge is 0.410 e. The normalized spacial score (nSPS) is 13.7. The van der Waals surface area contributed by atoms with E-state index < -0.39 is 21.7 Å². The number of likely N-dealkylation sites (N-methyl/N-ethyl adjacent to an activating group) is 1. The monoisotopic (exact) mass is 348 g/mol. The molecule has 0 fully saturated rings. The third-order valence-electron chi connectivity index (χ3n) is 2.82. The van der Waals surface area contributed by atoms with Crippen LogP contribution in [0, 0.1) is 0 Å². The minimum atomic E-state index is -3.33. The van der Waals surface area contributed by atoms with Gasteiger partial charge < -0.3 is 14.2 Å². The van der Waals surface area contributed by atoms with E-state index in [9.17, 15) is 13.2 Å². The lowest BCUT2D eigenvalue weighted by molar-refractivity contribution is 0.0234. The SMILES string of the molecule is CC(Cc1noc(CNS(C)(=O)=O)n1)N(C)C(=O)OC(C)(C)C. The van der Waals surface area contributed by atoms with Gasteiger partial charge in [0.15, 0.2) is 5.82 Å². The molecule has 1 heterocycles. The molecule has 1 aromatic rings. The first-order valence-corrected chi connectivity index (χ1v) is 8.98. The van der Waals surface area contributed by atoms with Crippen molar-refractivity contribution >= 4 is 16.1 Å². The lowest BCUT2D eigenvalue weighted by Crippen LogP contribution is -2.40. The third kappa shape index (κ3) is 7.42.